The zero-order chi connectivity index (χ0) is 17.5. The first kappa shape index (κ1) is 16.6. The van der Waals surface area contributed by atoms with Gasteiger partial charge in [-0.05, 0) is 36.4 Å². The van der Waals surface area contributed by atoms with Gasteiger partial charge in [0.15, 0.2) is 5.69 Å². The first-order valence-electron chi connectivity index (χ1n) is 6.54. The first-order chi connectivity index (χ1) is 11.2. The lowest BCUT2D eigenvalue weighted by Gasteiger charge is -2.05. The molecule has 1 heterocycles. The molecule has 3 aromatic rings. The van der Waals surface area contributed by atoms with Gasteiger partial charge in [0, 0.05) is 15.4 Å². The van der Waals surface area contributed by atoms with Crippen LogP contribution in [0.4, 0.5) is 24.5 Å². The Kier molecular flexibility index (Phi) is 4.15. The summed E-state index contributed by atoms with van der Waals surface area (Å²) >= 11 is 11.7. The summed E-state index contributed by atoms with van der Waals surface area (Å²) in [7, 11) is 0. The van der Waals surface area contributed by atoms with Crippen molar-refractivity contribution < 1.29 is 18.3 Å². The Morgan fingerprint density at radius 1 is 0.958 bits per heavy atom. The van der Waals surface area contributed by atoms with Crippen LogP contribution in [0.15, 0.2) is 46.6 Å². The van der Waals surface area contributed by atoms with Crippen LogP contribution >= 0.6 is 23.2 Å². The Morgan fingerprint density at radius 2 is 1.62 bits per heavy atom. The lowest BCUT2D eigenvalue weighted by atomic mass is 10.1. The number of aromatic amines is 1. The van der Waals surface area contributed by atoms with Crippen LogP contribution in [0.1, 0.15) is 5.56 Å². The molecule has 0 amide bonds. The summed E-state index contributed by atoms with van der Waals surface area (Å²) in [6.45, 7) is 0. The number of H-pyrrole nitrogens is 1. The number of alkyl halides is 3. The number of benzene rings is 2. The number of nitrogens with one attached hydrogen (secondary N) is 1. The Morgan fingerprint density at radius 3 is 2.25 bits per heavy atom. The molecule has 2 N–H and O–H groups in total. The molecule has 24 heavy (non-hydrogen) atoms. The average Bonchev–Trinajstić information content (AvgIpc) is 2.77. The predicted octanol–water partition coefficient (Wildman–Crippen LogP) is 6.61. The number of hydrogen-bond donors (Lipinski definition) is 2. The van der Waals surface area contributed by atoms with Gasteiger partial charge in [0.2, 0.25) is 5.88 Å². The molecular weight excluding hydrogens is 366 g/mol. The standard InChI is InChI=1S/C15H8Cl2F3N3O/c16-8-4-9(17)6-10(5-8)22-23-13-11-3-7(15(18,19)20)1-2-12(11)21-14(13)24/h1-6,21,24H. The van der Waals surface area contributed by atoms with E-state index < -0.39 is 11.7 Å². The van der Waals surface area contributed by atoms with E-state index >= 15 is 0 Å². The SMILES string of the molecule is Oc1[nH]c2ccc(C(F)(F)F)cc2c1N=Nc1cc(Cl)cc(Cl)c1. The molecule has 0 radical (unpaired) electrons. The van der Waals surface area contributed by atoms with E-state index in [2.05, 4.69) is 15.2 Å². The van der Waals surface area contributed by atoms with Crippen LogP contribution in [-0.2, 0) is 6.18 Å². The van der Waals surface area contributed by atoms with Crippen molar-refractivity contribution in [3.63, 3.8) is 0 Å². The van der Waals surface area contributed by atoms with Crippen molar-refractivity contribution in [3.05, 3.63) is 52.0 Å². The first-order valence-corrected chi connectivity index (χ1v) is 7.29. The molecule has 0 spiro atoms. The summed E-state index contributed by atoms with van der Waals surface area (Å²) in [5.41, 5.74) is -0.352. The summed E-state index contributed by atoms with van der Waals surface area (Å²) < 4.78 is 38.5. The summed E-state index contributed by atoms with van der Waals surface area (Å²) in [6.07, 6.45) is -4.50. The maximum absolute atomic E-state index is 12.8. The van der Waals surface area contributed by atoms with Gasteiger partial charge >= 0.3 is 6.18 Å². The molecule has 4 nitrogen and oxygen atoms in total. The number of aromatic hydroxyl groups is 1. The van der Waals surface area contributed by atoms with E-state index in [1.54, 1.807) is 0 Å². The fourth-order valence-electron chi connectivity index (χ4n) is 2.15. The maximum atomic E-state index is 12.8. The number of hydrogen-bond acceptors (Lipinski definition) is 3. The van der Waals surface area contributed by atoms with Gasteiger partial charge in [0.25, 0.3) is 0 Å². The average molecular weight is 374 g/mol. The quantitative estimate of drug-likeness (QED) is 0.487. The third-order valence-electron chi connectivity index (χ3n) is 3.19. The highest BCUT2D eigenvalue weighted by Crippen LogP contribution is 2.40. The molecule has 0 atom stereocenters. The summed E-state index contributed by atoms with van der Waals surface area (Å²) in [5.74, 6) is -0.388. The lowest BCUT2D eigenvalue weighted by molar-refractivity contribution is -0.137. The van der Waals surface area contributed by atoms with E-state index in [0.717, 1.165) is 12.1 Å². The smallest absolute Gasteiger partial charge is 0.416 e. The van der Waals surface area contributed by atoms with E-state index in [9.17, 15) is 18.3 Å². The van der Waals surface area contributed by atoms with E-state index in [1.165, 1.54) is 24.3 Å². The summed E-state index contributed by atoms with van der Waals surface area (Å²) in [6, 6.07) is 7.47. The fourth-order valence-corrected chi connectivity index (χ4v) is 2.66. The van der Waals surface area contributed by atoms with Gasteiger partial charge in [-0.3, -0.25) is 0 Å². The summed E-state index contributed by atoms with van der Waals surface area (Å²) in [4.78, 5) is 2.55. The van der Waals surface area contributed by atoms with Crippen molar-refractivity contribution >= 4 is 45.5 Å². The van der Waals surface area contributed by atoms with Crippen molar-refractivity contribution in [2.75, 3.05) is 0 Å². The predicted molar refractivity (Wildman–Crippen MR) is 85.6 cm³/mol. The Hall–Kier alpha value is -2.25. The van der Waals surface area contributed by atoms with E-state index in [-0.39, 0.29) is 17.0 Å². The van der Waals surface area contributed by atoms with Gasteiger partial charge < -0.3 is 10.1 Å². The van der Waals surface area contributed by atoms with Crippen LogP contribution in [0.2, 0.25) is 10.0 Å². The molecule has 0 saturated heterocycles. The minimum atomic E-state index is -4.50. The third-order valence-corrected chi connectivity index (χ3v) is 3.63. The van der Waals surface area contributed by atoms with Gasteiger partial charge in [-0.15, -0.1) is 5.11 Å². The highest BCUT2D eigenvalue weighted by atomic mass is 35.5. The van der Waals surface area contributed by atoms with Crippen LogP contribution in [0, 0.1) is 0 Å². The molecule has 0 aliphatic heterocycles. The summed E-state index contributed by atoms with van der Waals surface area (Å²) in [5, 5.41) is 18.3. The Balaban J connectivity index is 2.08. The van der Waals surface area contributed by atoms with Crippen molar-refractivity contribution in [1.82, 2.24) is 4.98 Å². The van der Waals surface area contributed by atoms with Crippen molar-refractivity contribution in [2.24, 2.45) is 10.2 Å². The molecule has 0 unspecified atom stereocenters. The topological polar surface area (TPSA) is 60.7 Å². The van der Waals surface area contributed by atoms with E-state index in [0.29, 0.717) is 21.2 Å². The molecule has 0 saturated carbocycles. The second-order valence-corrected chi connectivity index (χ2v) is 5.78. The van der Waals surface area contributed by atoms with Crippen molar-refractivity contribution in [1.29, 1.82) is 0 Å². The number of halogens is 5. The molecule has 2 aromatic carbocycles. The van der Waals surface area contributed by atoms with Crippen molar-refractivity contribution in [3.8, 4) is 5.88 Å². The molecule has 0 bridgehead atoms. The third kappa shape index (κ3) is 3.32. The second-order valence-electron chi connectivity index (χ2n) is 4.91. The lowest BCUT2D eigenvalue weighted by Crippen LogP contribution is -2.03. The molecule has 9 heteroatoms. The van der Waals surface area contributed by atoms with Gasteiger partial charge in [-0.1, -0.05) is 23.2 Å². The molecule has 3 rings (SSSR count). The Labute approximate surface area is 143 Å². The molecule has 0 fully saturated rings. The van der Waals surface area contributed by atoms with Gasteiger partial charge in [0.1, 0.15) is 0 Å². The minimum Gasteiger partial charge on any atom is -0.493 e. The van der Waals surface area contributed by atoms with Crippen LogP contribution in [-0.4, -0.2) is 10.1 Å². The van der Waals surface area contributed by atoms with Crippen LogP contribution in [0.25, 0.3) is 10.9 Å². The van der Waals surface area contributed by atoms with Crippen molar-refractivity contribution in [2.45, 2.75) is 6.18 Å². The number of aromatic nitrogens is 1. The molecule has 124 valence electrons. The highest BCUT2D eigenvalue weighted by Gasteiger charge is 2.31. The fraction of sp³-hybridized carbons (Fsp3) is 0.0667. The molecule has 0 aliphatic carbocycles. The molecule has 1 aromatic heterocycles. The zero-order valence-corrected chi connectivity index (χ0v) is 13.2. The largest absolute Gasteiger partial charge is 0.493 e. The van der Waals surface area contributed by atoms with E-state index in [1.807, 2.05) is 0 Å². The Bertz CT molecular complexity index is 931. The minimum absolute atomic E-state index is 0.0965. The van der Waals surface area contributed by atoms with Crippen LogP contribution in [0.3, 0.4) is 0 Å². The number of rotatable bonds is 2. The number of nitrogens with zero attached hydrogens (tertiary/aromatic N) is 2. The number of fused-ring (bicyclic) bond motifs is 1. The molecule has 0 aliphatic rings. The van der Waals surface area contributed by atoms with Gasteiger partial charge in [-0.2, -0.15) is 18.3 Å². The van der Waals surface area contributed by atoms with Crippen LogP contribution in [0.5, 0.6) is 5.88 Å². The zero-order valence-electron chi connectivity index (χ0n) is 11.7. The second kappa shape index (κ2) is 5.99. The van der Waals surface area contributed by atoms with E-state index in [4.69, 9.17) is 23.2 Å². The monoisotopic (exact) mass is 373 g/mol. The normalized spacial score (nSPS) is 12.4. The molecular formula is C15H8Cl2F3N3O. The van der Waals surface area contributed by atoms with Crippen LogP contribution < -0.4 is 0 Å². The van der Waals surface area contributed by atoms with Gasteiger partial charge in [-0.25, -0.2) is 0 Å². The maximum Gasteiger partial charge on any atom is 0.416 e. The van der Waals surface area contributed by atoms with Gasteiger partial charge in [0.05, 0.1) is 16.8 Å². The highest BCUT2D eigenvalue weighted by molar-refractivity contribution is 6.35. The number of azo groups is 1.